The Balaban J connectivity index is 1.64. The normalized spacial score (nSPS) is 10.7. The number of ether oxygens (including phenoxy) is 2. The van der Waals surface area contributed by atoms with Gasteiger partial charge in [0.1, 0.15) is 11.5 Å². The number of rotatable bonds is 10. The monoisotopic (exact) mass is 440 g/mol. The maximum atomic E-state index is 12.8. The summed E-state index contributed by atoms with van der Waals surface area (Å²) in [6.07, 6.45) is 0.907. The van der Waals surface area contributed by atoms with Gasteiger partial charge >= 0.3 is 0 Å². The Morgan fingerprint density at radius 1 is 1.13 bits per heavy atom. The molecule has 3 rings (SSSR count). The Morgan fingerprint density at radius 2 is 1.90 bits per heavy atom. The van der Waals surface area contributed by atoms with E-state index in [0.29, 0.717) is 29.0 Å². The van der Waals surface area contributed by atoms with Gasteiger partial charge in [-0.3, -0.25) is 9.89 Å². The van der Waals surface area contributed by atoms with E-state index < -0.39 is 0 Å². The first-order valence-corrected chi connectivity index (χ1v) is 11.1. The molecule has 0 aliphatic carbocycles. The van der Waals surface area contributed by atoms with Crippen molar-refractivity contribution in [2.75, 3.05) is 26.5 Å². The van der Waals surface area contributed by atoms with Crippen LogP contribution in [0.1, 0.15) is 24.5 Å². The van der Waals surface area contributed by atoms with Gasteiger partial charge in [0.05, 0.1) is 25.5 Å². The zero-order valence-corrected chi connectivity index (χ0v) is 19.2. The second-order valence-corrected chi connectivity index (χ2v) is 8.06. The van der Waals surface area contributed by atoms with Crippen LogP contribution in [0.4, 0.5) is 0 Å². The fraction of sp³-hybridized carbons (Fsp3) is 0.348. The summed E-state index contributed by atoms with van der Waals surface area (Å²) in [6.45, 7) is 5.46. The maximum absolute atomic E-state index is 12.8. The summed E-state index contributed by atoms with van der Waals surface area (Å²) < 4.78 is 10.7. The average molecular weight is 441 g/mol. The van der Waals surface area contributed by atoms with Crippen molar-refractivity contribution in [2.24, 2.45) is 0 Å². The molecule has 1 amide bonds. The number of methoxy groups -OCH3 is 2. The van der Waals surface area contributed by atoms with Crippen LogP contribution in [0.3, 0.4) is 0 Å². The highest BCUT2D eigenvalue weighted by Gasteiger charge is 2.17. The lowest BCUT2D eigenvalue weighted by Gasteiger charge is -2.22. The fourth-order valence-corrected chi connectivity index (χ4v) is 3.82. The van der Waals surface area contributed by atoms with Crippen molar-refractivity contribution in [3.05, 3.63) is 53.6 Å². The molecule has 0 fully saturated rings. The third-order valence-electron chi connectivity index (χ3n) is 4.79. The fourth-order valence-electron chi connectivity index (χ4n) is 3.12. The second kappa shape index (κ2) is 10.9. The van der Waals surface area contributed by atoms with Crippen LogP contribution in [-0.4, -0.2) is 52.5 Å². The van der Waals surface area contributed by atoms with Crippen molar-refractivity contribution < 1.29 is 14.3 Å². The van der Waals surface area contributed by atoms with Gasteiger partial charge in [-0.1, -0.05) is 48.5 Å². The van der Waals surface area contributed by atoms with Gasteiger partial charge in [-0.25, -0.2) is 4.98 Å². The van der Waals surface area contributed by atoms with E-state index in [1.807, 2.05) is 17.0 Å². The molecule has 1 N–H and O–H groups in total. The summed E-state index contributed by atoms with van der Waals surface area (Å²) in [5.74, 6) is 2.27. The average Bonchev–Trinajstić information content (AvgIpc) is 3.27. The summed E-state index contributed by atoms with van der Waals surface area (Å²) >= 11 is 1.32. The lowest BCUT2D eigenvalue weighted by molar-refractivity contribution is -0.129. The minimum absolute atomic E-state index is 0.0702. The highest BCUT2D eigenvalue weighted by molar-refractivity contribution is 7.99. The Kier molecular flexibility index (Phi) is 7.94. The van der Waals surface area contributed by atoms with Gasteiger partial charge in [0.15, 0.2) is 5.82 Å². The van der Waals surface area contributed by atoms with E-state index in [9.17, 15) is 4.79 Å². The van der Waals surface area contributed by atoms with Crippen LogP contribution in [0.15, 0.2) is 47.6 Å². The van der Waals surface area contributed by atoms with Gasteiger partial charge in [0.25, 0.3) is 0 Å². The third-order valence-corrected chi connectivity index (χ3v) is 5.63. The number of carbonyl (C=O) groups excluding carboxylic acids is 1. The SMILES string of the molecule is CCCN(Cc1ccc(C)cc1)C(=O)CSc1n[nH]c(-c2ccc(OC)cc2OC)n1. The number of benzene rings is 2. The first-order chi connectivity index (χ1) is 15.0. The molecule has 1 heterocycles. The predicted octanol–water partition coefficient (Wildman–Crippen LogP) is 4.33. The van der Waals surface area contributed by atoms with E-state index in [-0.39, 0.29) is 11.7 Å². The number of hydrogen-bond donors (Lipinski definition) is 1. The molecule has 8 heteroatoms. The molecule has 0 atom stereocenters. The summed E-state index contributed by atoms with van der Waals surface area (Å²) in [5, 5.41) is 7.70. The summed E-state index contributed by atoms with van der Waals surface area (Å²) in [5.41, 5.74) is 3.12. The Labute approximate surface area is 187 Å². The Bertz CT molecular complexity index is 1000. The largest absolute Gasteiger partial charge is 0.497 e. The number of H-pyrrole nitrogens is 1. The van der Waals surface area contributed by atoms with Gasteiger partial charge < -0.3 is 14.4 Å². The Hall–Kier alpha value is -3.00. The van der Waals surface area contributed by atoms with Crippen LogP contribution < -0.4 is 9.47 Å². The molecule has 0 spiro atoms. The van der Waals surface area contributed by atoms with Gasteiger partial charge in [0, 0.05) is 19.2 Å². The lowest BCUT2D eigenvalue weighted by Crippen LogP contribution is -2.32. The van der Waals surface area contributed by atoms with Crippen molar-refractivity contribution >= 4 is 17.7 Å². The molecule has 3 aromatic rings. The molecule has 0 radical (unpaired) electrons. The quantitative estimate of drug-likeness (QED) is 0.473. The molecule has 31 heavy (non-hydrogen) atoms. The van der Waals surface area contributed by atoms with E-state index in [2.05, 4.69) is 53.3 Å². The molecule has 0 aliphatic heterocycles. The zero-order valence-electron chi connectivity index (χ0n) is 18.3. The van der Waals surface area contributed by atoms with Crippen molar-refractivity contribution in [3.8, 4) is 22.9 Å². The van der Waals surface area contributed by atoms with Crippen LogP contribution in [0.5, 0.6) is 11.5 Å². The molecule has 2 aromatic carbocycles. The molecule has 0 bridgehead atoms. The van der Waals surface area contributed by atoms with E-state index in [1.165, 1.54) is 17.3 Å². The molecular weight excluding hydrogens is 412 g/mol. The molecule has 0 saturated carbocycles. The van der Waals surface area contributed by atoms with Gasteiger partial charge in [-0.05, 0) is 31.0 Å². The molecular formula is C23H28N4O3S. The number of aryl methyl sites for hydroxylation is 1. The topological polar surface area (TPSA) is 80.3 Å². The van der Waals surface area contributed by atoms with Crippen molar-refractivity contribution in [1.82, 2.24) is 20.1 Å². The predicted molar refractivity (Wildman–Crippen MR) is 123 cm³/mol. The lowest BCUT2D eigenvalue weighted by atomic mass is 10.1. The molecule has 7 nitrogen and oxygen atoms in total. The number of amides is 1. The number of aromatic nitrogens is 3. The molecule has 0 unspecified atom stereocenters. The molecule has 0 aliphatic rings. The van der Waals surface area contributed by atoms with Crippen molar-refractivity contribution in [1.29, 1.82) is 0 Å². The van der Waals surface area contributed by atoms with E-state index in [1.54, 1.807) is 20.3 Å². The smallest absolute Gasteiger partial charge is 0.233 e. The van der Waals surface area contributed by atoms with E-state index in [0.717, 1.165) is 24.1 Å². The van der Waals surface area contributed by atoms with Crippen LogP contribution in [-0.2, 0) is 11.3 Å². The molecule has 1 aromatic heterocycles. The first-order valence-electron chi connectivity index (χ1n) is 10.1. The van der Waals surface area contributed by atoms with Gasteiger partial charge in [-0.2, -0.15) is 0 Å². The third kappa shape index (κ3) is 6.01. The van der Waals surface area contributed by atoms with E-state index >= 15 is 0 Å². The number of hydrogen-bond acceptors (Lipinski definition) is 6. The first kappa shape index (κ1) is 22.7. The highest BCUT2D eigenvalue weighted by atomic mass is 32.2. The summed E-state index contributed by atoms with van der Waals surface area (Å²) in [7, 11) is 3.20. The maximum Gasteiger partial charge on any atom is 0.233 e. The second-order valence-electron chi connectivity index (χ2n) is 7.12. The van der Waals surface area contributed by atoms with Crippen LogP contribution in [0, 0.1) is 6.92 Å². The molecule has 164 valence electrons. The van der Waals surface area contributed by atoms with Crippen molar-refractivity contribution in [2.45, 2.75) is 32.0 Å². The Morgan fingerprint density at radius 3 is 2.58 bits per heavy atom. The summed E-state index contributed by atoms with van der Waals surface area (Å²) in [6, 6.07) is 13.8. The number of aromatic amines is 1. The number of thioether (sulfide) groups is 1. The van der Waals surface area contributed by atoms with Crippen LogP contribution >= 0.6 is 11.8 Å². The van der Waals surface area contributed by atoms with Crippen LogP contribution in [0.25, 0.3) is 11.4 Å². The number of nitrogens with zero attached hydrogens (tertiary/aromatic N) is 3. The number of carbonyl (C=O) groups is 1. The van der Waals surface area contributed by atoms with Gasteiger partial charge in [-0.15, -0.1) is 5.10 Å². The minimum Gasteiger partial charge on any atom is -0.497 e. The number of nitrogens with one attached hydrogen (secondary N) is 1. The standard InChI is InChI=1S/C23H28N4O3S/c1-5-12-27(14-17-8-6-16(2)7-9-17)21(28)15-31-23-24-22(25-26-23)19-11-10-18(29-3)13-20(19)30-4/h6-11,13H,5,12,14-15H2,1-4H3,(H,24,25,26). The summed E-state index contributed by atoms with van der Waals surface area (Å²) in [4.78, 5) is 19.2. The van der Waals surface area contributed by atoms with Gasteiger partial charge in [0.2, 0.25) is 11.1 Å². The van der Waals surface area contributed by atoms with Crippen molar-refractivity contribution in [3.63, 3.8) is 0 Å². The minimum atomic E-state index is 0.0702. The van der Waals surface area contributed by atoms with E-state index in [4.69, 9.17) is 9.47 Å². The molecule has 0 saturated heterocycles. The highest BCUT2D eigenvalue weighted by Crippen LogP contribution is 2.32. The zero-order chi connectivity index (χ0) is 22.2. The van der Waals surface area contributed by atoms with Crippen LogP contribution in [0.2, 0.25) is 0 Å².